The lowest BCUT2D eigenvalue weighted by Gasteiger charge is -2.12. The zero-order chi connectivity index (χ0) is 13.1. The third kappa shape index (κ3) is 3.34. The molecule has 17 heavy (non-hydrogen) atoms. The summed E-state index contributed by atoms with van der Waals surface area (Å²) in [5.74, 6) is 0.747. The van der Waals surface area contributed by atoms with E-state index in [2.05, 4.69) is 15.1 Å². The fourth-order valence-electron chi connectivity index (χ4n) is 1.33. The Morgan fingerprint density at radius 1 is 1.59 bits per heavy atom. The van der Waals surface area contributed by atoms with Crippen molar-refractivity contribution in [2.24, 2.45) is 7.05 Å². The number of ether oxygens (including phenoxy) is 1. The molecule has 0 aliphatic heterocycles. The minimum Gasteiger partial charge on any atom is -0.481 e. The van der Waals surface area contributed by atoms with Gasteiger partial charge in [0.1, 0.15) is 0 Å². The summed E-state index contributed by atoms with van der Waals surface area (Å²) in [7, 11) is 1.45. The number of rotatable bonds is 6. The number of hydrogen-bond donors (Lipinski definition) is 2. The molecule has 0 amide bonds. The van der Waals surface area contributed by atoms with Gasteiger partial charge in [0.15, 0.2) is 5.82 Å². The van der Waals surface area contributed by atoms with Gasteiger partial charge in [0.25, 0.3) is 0 Å². The molecular weight excluding hydrogens is 244 g/mol. The first-order chi connectivity index (χ1) is 7.90. The lowest BCUT2D eigenvalue weighted by Crippen LogP contribution is -2.33. The average Bonchev–Trinajstić information content (AvgIpc) is 2.58. The maximum absolute atomic E-state index is 11.9. The number of sulfonamides is 1. The van der Waals surface area contributed by atoms with E-state index in [1.807, 2.05) is 0 Å². The second-order valence-corrected chi connectivity index (χ2v) is 5.81. The normalized spacial score (nSPS) is 13.4. The van der Waals surface area contributed by atoms with Crippen molar-refractivity contribution in [1.29, 1.82) is 0 Å². The number of nitrogens with zero attached hydrogens (tertiary/aromatic N) is 2. The predicted octanol–water partition coefficient (Wildman–Crippen LogP) is -0.222. The molecular formula is C9H18N4O3S. The highest BCUT2D eigenvalue weighted by atomic mass is 32.2. The number of hydrogen-bond acceptors (Lipinski definition) is 5. The van der Waals surface area contributed by atoms with Gasteiger partial charge >= 0.3 is 0 Å². The molecule has 1 aromatic heterocycles. The summed E-state index contributed by atoms with van der Waals surface area (Å²) in [6.07, 6.45) is 0. The summed E-state index contributed by atoms with van der Waals surface area (Å²) in [5.41, 5.74) is 0. The molecule has 0 radical (unpaired) electrons. The Bertz CT molecular complexity index is 469. The van der Waals surface area contributed by atoms with Gasteiger partial charge in [-0.1, -0.05) is 0 Å². The van der Waals surface area contributed by atoms with E-state index < -0.39 is 15.3 Å². The van der Waals surface area contributed by atoms with Crippen LogP contribution < -0.4 is 14.8 Å². The van der Waals surface area contributed by atoms with Crippen molar-refractivity contribution in [3.05, 3.63) is 6.07 Å². The monoisotopic (exact) mass is 262 g/mol. The third-order valence-electron chi connectivity index (χ3n) is 2.31. The molecule has 0 aliphatic rings. The minimum atomic E-state index is -3.43. The molecule has 8 heteroatoms. The fourth-order valence-corrected chi connectivity index (χ4v) is 2.31. The van der Waals surface area contributed by atoms with E-state index in [4.69, 9.17) is 4.74 Å². The van der Waals surface area contributed by atoms with Crippen molar-refractivity contribution in [3.63, 3.8) is 0 Å². The van der Waals surface area contributed by atoms with Crippen LogP contribution in [0.15, 0.2) is 6.07 Å². The molecule has 0 spiro atoms. The minimum absolute atomic E-state index is 0.257. The van der Waals surface area contributed by atoms with Crippen LogP contribution in [0.2, 0.25) is 0 Å². The van der Waals surface area contributed by atoms with E-state index in [1.165, 1.54) is 17.9 Å². The van der Waals surface area contributed by atoms with Gasteiger partial charge in [-0.2, -0.15) is 5.10 Å². The van der Waals surface area contributed by atoms with Crippen LogP contribution in [0, 0.1) is 0 Å². The largest absolute Gasteiger partial charge is 0.481 e. The molecule has 1 unspecified atom stereocenters. The summed E-state index contributed by atoms with van der Waals surface area (Å²) in [4.78, 5) is 0. The van der Waals surface area contributed by atoms with E-state index in [-0.39, 0.29) is 5.82 Å². The van der Waals surface area contributed by atoms with E-state index >= 15 is 0 Å². The number of nitrogens with one attached hydrogen (secondary N) is 2. The number of aromatic nitrogens is 2. The maximum atomic E-state index is 11.9. The summed E-state index contributed by atoms with van der Waals surface area (Å²) in [5, 5.41) is 6.27. The number of methoxy groups -OCH3 is 1. The van der Waals surface area contributed by atoms with E-state index in [0.717, 1.165) is 0 Å². The first-order valence-electron chi connectivity index (χ1n) is 5.15. The van der Waals surface area contributed by atoms with Gasteiger partial charge in [0.05, 0.1) is 12.4 Å². The van der Waals surface area contributed by atoms with Crippen LogP contribution >= 0.6 is 0 Å². The molecule has 0 saturated heterocycles. The van der Waals surface area contributed by atoms with Gasteiger partial charge in [0.2, 0.25) is 15.9 Å². The van der Waals surface area contributed by atoms with Crippen molar-refractivity contribution in [2.75, 3.05) is 25.4 Å². The van der Waals surface area contributed by atoms with Crippen molar-refractivity contribution < 1.29 is 13.2 Å². The second kappa shape index (κ2) is 5.37. The van der Waals surface area contributed by atoms with Gasteiger partial charge in [0, 0.05) is 19.7 Å². The summed E-state index contributed by atoms with van der Waals surface area (Å²) >= 11 is 0. The molecule has 0 aromatic carbocycles. The Morgan fingerprint density at radius 2 is 2.24 bits per heavy atom. The first-order valence-corrected chi connectivity index (χ1v) is 6.69. The molecule has 1 rings (SSSR count). The van der Waals surface area contributed by atoms with Crippen molar-refractivity contribution in [1.82, 2.24) is 15.1 Å². The second-order valence-electron chi connectivity index (χ2n) is 3.71. The van der Waals surface area contributed by atoms with E-state index in [9.17, 15) is 8.42 Å². The Balaban J connectivity index is 2.82. The van der Waals surface area contributed by atoms with Gasteiger partial charge in [-0.15, -0.1) is 0 Å². The van der Waals surface area contributed by atoms with Crippen LogP contribution in [0.3, 0.4) is 0 Å². The summed E-state index contributed by atoms with van der Waals surface area (Å²) in [6.45, 7) is 2.00. The molecule has 7 nitrogen and oxygen atoms in total. The third-order valence-corrected chi connectivity index (χ3v) is 4.03. The van der Waals surface area contributed by atoms with Crippen LogP contribution in [0.5, 0.6) is 5.88 Å². The van der Waals surface area contributed by atoms with Gasteiger partial charge < -0.3 is 10.1 Å². The highest BCUT2D eigenvalue weighted by molar-refractivity contribution is 7.93. The summed E-state index contributed by atoms with van der Waals surface area (Å²) in [6, 6.07) is 1.53. The standard InChI is InChI=1S/C9H18N4O3S/c1-7(6-10-2)17(14,15)12-8-5-9(16-4)13(3)11-8/h5,7,10H,6H2,1-4H3,(H,11,12). The molecule has 2 N–H and O–H groups in total. The Morgan fingerprint density at radius 3 is 2.71 bits per heavy atom. The van der Waals surface area contributed by atoms with Gasteiger partial charge in [-0.05, 0) is 14.0 Å². The molecule has 0 fully saturated rings. The molecule has 0 saturated carbocycles. The average molecular weight is 262 g/mol. The zero-order valence-electron chi connectivity index (χ0n) is 10.4. The smallest absolute Gasteiger partial charge is 0.237 e. The quantitative estimate of drug-likeness (QED) is 0.740. The SMILES string of the molecule is CNCC(C)S(=O)(=O)Nc1cc(OC)n(C)n1. The topological polar surface area (TPSA) is 85.3 Å². The first kappa shape index (κ1) is 13.8. The van der Waals surface area contributed by atoms with E-state index in [1.54, 1.807) is 21.0 Å². The summed E-state index contributed by atoms with van der Waals surface area (Å²) < 4.78 is 32.6. The maximum Gasteiger partial charge on any atom is 0.237 e. The number of anilines is 1. The van der Waals surface area contributed by atoms with Crippen LogP contribution in [-0.4, -0.2) is 44.2 Å². The van der Waals surface area contributed by atoms with Crippen molar-refractivity contribution >= 4 is 15.8 Å². The lowest BCUT2D eigenvalue weighted by molar-refractivity contribution is 0.373. The lowest BCUT2D eigenvalue weighted by atomic mass is 10.5. The Labute approximate surface area is 101 Å². The Kier molecular flexibility index (Phi) is 4.35. The molecule has 0 aliphatic carbocycles. The molecule has 1 aromatic rings. The van der Waals surface area contributed by atoms with E-state index in [0.29, 0.717) is 12.4 Å². The molecule has 1 atom stereocenters. The van der Waals surface area contributed by atoms with Gasteiger partial charge in [-0.3, -0.25) is 4.72 Å². The van der Waals surface area contributed by atoms with Crippen LogP contribution in [-0.2, 0) is 17.1 Å². The van der Waals surface area contributed by atoms with Gasteiger partial charge in [-0.25, -0.2) is 13.1 Å². The van der Waals surface area contributed by atoms with Crippen LogP contribution in [0.4, 0.5) is 5.82 Å². The molecule has 0 bridgehead atoms. The number of aryl methyl sites for hydroxylation is 1. The molecule has 1 heterocycles. The fraction of sp³-hybridized carbons (Fsp3) is 0.667. The van der Waals surface area contributed by atoms with Crippen LogP contribution in [0.1, 0.15) is 6.92 Å². The van der Waals surface area contributed by atoms with Crippen LogP contribution in [0.25, 0.3) is 0 Å². The highest BCUT2D eigenvalue weighted by Gasteiger charge is 2.21. The zero-order valence-corrected chi connectivity index (χ0v) is 11.2. The Hall–Kier alpha value is -1.28. The highest BCUT2D eigenvalue weighted by Crippen LogP contribution is 2.17. The molecule has 98 valence electrons. The predicted molar refractivity (Wildman–Crippen MR) is 65.7 cm³/mol. The van der Waals surface area contributed by atoms with Crippen molar-refractivity contribution in [2.45, 2.75) is 12.2 Å². The van der Waals surface area contributed by atoms with Crippen molar-refractivity contribution in [3.8, 4) is 5.88 Å².